The largest absolute Gasteiger partial charge is 0.469 e. The molecule has 1 fully saturated rings. The zero-order valence-electron chi connectivity index (χ0n) is 16.5. The van der Waals surface area contributed by atoms with Gasteiger partial charge in [-0.3, -0.25) is 14.6 Å². The summed E-state index contributed by atoms with van der Waals surface area (Å²) in [7, 11) is 1.34. The van der Waals surface area contributed by atoms with Gasteiger partial charge in [0.2, 0.25) is 5.91 Å². The van der Waals surface area contributed by atoms with E-state index < -0.39 is 12.0 Å². The van der Waals surface area contributed by atoms with E-state index in [1.54, 1.807) is 12.4 Å². The van der Waals surface area contributed by atoms with Gasteiger partial charge in [-0.25, -0.2) is 0 Å². The summed E-state index contributed by atoms with van der Waals surface area (Å²) in [6.45, 7) is 1.58. The summed E-state index contributed by atoms with van der Waals surface area (Å²) < 4.78 is 4.81. The topological polar surface area (TPSA) is 80.3 Å². The van der Waals surface area contributed by atoms with Gasteiger partial charge in [0.05, 0.1) is 25.5 Å². The summed E-state index contributed by atoms with van der Waals surface area (Å²) in [4.78, 5) is 28.9. The number of benzene rings is 1. The maximum absolute atomic E-state index is 12.7. The van der Waals surface area contributed by atoms with Crippen LogP contribution in [-0.2, 0) is 14.3 Å². The molecule has 2 aromatic rings. The maximum atomic E-state index is 12.7. The van der Waals surface area contributed by atoms with Crippen LogP contribution in [-0.4, -0.2) is 37.1 Å². The number of carbonyl (C=O) groups excluding carboxylic acids is 2. The van der Waals surface area contributed by atoms with E-state index in [4.69, 9.17) is 4.74 Å². The number of esters is 1. The Morgan fingerprint density at radius 3 is 2.76 bits per heavy atom. The first-order chi connectivity index (χ1) is 14.2. The Bertz CT molecular complexity index is 896. The first kappa shape index (κ1) is 20.6. The highest BCUT2D eigenvalue weighted by molar-refractivity contribution is 5.80. The van der Waals surface area contributed by atoms with Crippen LogP contribution in [0.3, 0.4) is 0 Å². The number of hydrogen-bond donors (Lipinski definition) is 2. The third-order valence-electron chi connectivity index (χ3n) is 4.87. The normalized spacial score (nSPS) is 16.8. The van der Waals surface area contributed by atoms with E-state index in [0.717, 1.165) is 36.1 Å². The van der Waals surface area contributed by atoms with Gasteiger partial charge in [0.25, 0.3) is 0 Å². The van der Waals surface area contributed by atoms with Crippen LogP contribution in [0.4, 0.5) is 0 Å². The first-order valence-electron chi connectivity index (χ1n) is 9.75. The van der Waals surface area contributed by atoms with Crippen molar-refractivity contribution in [1.29, 1.82) is 0 Å². The molecule has 1 aromatic carbocycles. The van der Waals surface area contributed by atoms with Crippen LogP contribution in [0, 0.1) is 17.8 Å². The third kappa shape index (κ3) is 6.16. The average Bonchev–Trinajstić information content (AvgIpc) is 2.78. The molecule has 2 atom stereocenters. The number of carbonyl (C=O) groups is 2. The lowest BCUT2D eigenvalue weighted by atomic mass is 9.97. The van der Waals surface area contributed by atoms with Gasteiger partial charge < -0.3 is 15.4 Å². The van der Waals surface area contributed by atoms with Crippen molar-refractivity contribution < 1.29 is 14.3 Å². The number of nitrogens with zero attached hydrogens (tertiary/aromatic N) is 1. The Balaban J connectivity index is 1.78. The highest BCUT2D eigenvalue weighted by Gasteiger charge is 2.25. The molecule has 0 radical (unpaired) electrons. The zero-order valence-corrected chi connectivity index (χ0v) is 16.5. The van der Waals surface area contributed by atoms with Crippen molar-refractivity contribution in [2.24, 2.45) is 5.92 Å². The molecular formula is C23H25N3O3. The lowest BCUT2D eigenvalue weighted by Gasteiger charge is -2.25. The van der Waals surface area contributed by atoms with Crippen LogP contribution in [0.25, 0.3) is 0 Å². The average molecular weight is 391 g/mol. The first-order valence-corrected chi connectivity index (χ1v) is 9.75. The number of pyridine rings is 1. The Labute approximate surface area is 171 Å². The second-order valence-electron chi connectivity index (χ2n) is 7.01. The van der Waals surface area contributed by atoms with Crippen molar-refractivity contribution in [1.82, 2.24) is 15.6 Å². The highest BCUT2D eigenvalue weighted by Crippen LogP contribution is 2.20. The summed E-state index contributed by atoms with van der Waals surface area (Å²) >= 11 is 0. The van der Waals surface area contributed by atoms with Crippen molar-refractivity contribution in [3.63, 3.8) is 0 Å². The molecule has 0 saturated carbocycles. The van der Waals surface area contributed by atoms with Gasteiger partial charge in [-0.1, -0.05) is 30.0 Å². The standard InChI is InChI=1S/C23H25N3O3/c1-29-22(27)13-21(26-23(28)19-8-5-11-24-15-19)20-12-18(14-25-16-20)10-9-17-6-3-2-4-7-17/h2-4,6-7,12,14,16,19,21,24H,5,8,11,13,15H2,1H3,(H,26,28)/t19-,21+/m1/s1. The molecule has 2 heterocycles. The van der Waals surface area contributed by atoms with Gasteiger partial charge in [-0.05, 0) is 43.1 Å². The minimum atomic E-state index is -0.511. The fourth-order valence-electron chi connectivity index (χ4n) is 3.25. The molecule has 29 heavy (non-hydrogen) atoms. The molecule has 2 N–H and O–H groups in total. The van der Waals surface area contributed by atoms with Crippen LogP contribution in [0.5, 0.6) is 0 Å². The van der Waals surface area contributed by atoms with Crippen LogP contribution in [0.1, 0.15) is 42.0 Å². The molecule has 1 aromatic heterocycles. The summed E-state index contributed by atoms with van der Waals surface area (Å²) in [6, 6.07) is 11.0. The highest BCUT2D eigenvalue weighted by atomic mass is 16.5. The predicted molar refractivity (Wildman–Crippen MR) is 110 cm³/mol. The lowest BCUT2D eigenvalue weighted by Crippen LogP contribution is -2.42. The molecule has 0 bridgehead atoms. The summed E-state index contributed by atoms with van der Waals surface area (Å²) in [6.07, 6.45) is 5.17. The number of methoxy groups -OCH3 is 1. The number of ether oxygens (including phenoxy) is 1. The van der Waals surface area contributed by atoms with E-state index in [-0.39, 0.29) is 18.2 Å². The maximum Gasteiger partial charge on any atom is 0.307 e. The Morgan fingerprint density at radius 2 is 2.03 bits per heavy atom. The molecular weight excluding hydrogens is 366 g/mol. The number of nitrogens with one attached hydrogen (secondary N) is 2. The van der Waals surface area contributed by atoms with Crippen molar-refractivity contribution in [3.8, 4) is 11.8 Å². The molecule has 1 amide bonds. The molecule has 0 unspecified atom stereocenters. The van der Waals surface area contributed by atoms with Gasteiger partial charge in [-0.2, -0.15) is 0 Å². The van der Waals surface area contributed by atoms with E-state index in [1.165, 1.54) is 7.11 Å². The number of amides is 1. The number of piperidine rings is 1. The van der Waals surface area contributed by atoms with E-state index in [0.29, 0.717) is 6.54 Å². The summed E-state index contributed by atoms with van der Waals surface area (Å²) in [5.74, 6) is 5.63. The Kier molecular flexibility index (Phi) is 7.37. The third-order valence-corrected chi connectivity index (χ3v) is 4.87. The second-order valence-corrected chi connectivity index (χ2v) is 7.01. The van der Waals surface area contributed by atoms with Gasteiger partial charge in [-0.15, -0.1) is 0 Å². The van der Waals surface area contributed by atoms with E-state index in [9.17, 15) is 9.59 Å². The molecule has 150 valence electrons. The van der Waals surface area contributed by atoms with Gasteiger partial charge in [0, 0.05) is 30.1 Å². The van der Waals surface area contributed by atoms with E-state index in [2.05, 4.69) is 27.5 Å². The molecule has 1 saturated heterocycles. The summed E-state index contributed by atoms with van der Waals surface area (Å²) in [5, 5.41) is 6.24. The monoisotopic (exact) mass is 391 g/mol. The summed E-state index contributed by atoms with van der Waals surface area (Å²) in [5.41, 5.74) is 2.35. The fourth-order valence-corrected chi connectivity index (χ4v) is 3.25. The van der Waals surface area contributed by atoms with Gasteiger partial charge >= 0.3 is 5.97 Å². The molecule has 1 aliphatic heterocycles. The van der Waals surface area contributed by atoms with Crippen molar-refractivity contribution in [2.75, 3.05) is 20.2 Å². The van der Waals surface area contributed by atoms with Crippen molar-refractivity contribution >= 4 is 11.9 Å². The Morgan fingerprint density at radius 1 is 1.24 bits per heavy atom. The zero-order chi connectivity index (χ0) is 20.5. The van der Waals surface area contributed by atoms with E-state index >= 15 is 0 Å². The quantitative estimate of drug-likeness (QED) is 0.603. The molecule has 0 spiro atoms. The molecule has 3 rings (SSSR count). The molecule has 1 aliphatic rings. The number of hydrogen-bond acceptors (Lipinski definition) is 5. The van der Waals surface area contributed by atoms with Crippen molar-refractivity contribution in [2.45, 2.75) is 25.3 Å². The van der Waals surface area contributed by atoms with Crippen molar-refractivity contribution in [3.05, 3.63) is 65.5 Å². The van der Waals surface area contributed by atoms with Crippen LogP contribution >= 0.6 is 0 Å². The fraction of sp³-hybridized carbons (Fsp3) is 0.348. The lowest BCUT2D eigenvalue weighted by molar-refractivity contribution is -0.141. The SMILES string of the molecule is COC(=O)C[C@H](NC(=O)[C@@H]1CCCNC1)c1cncc(C#Cc2ccccc2)c1. The second kappa shape index (κ2) is 10.4. The molecule has 6 heteroatoms. The van der Waals surface area contributed by atoms with Gasteiger partial charge in [0.15, 0.2) is 0 Å². The predicted octanol–water partition coefficient (Wildman–Crippen LogP) is 2.20. The number of rotatable bonds is 5. The Hall–Kier alpha value is -3.17. The van der Waals surface area contributed by atoms with Crippen LogP contribution in [0.15, 0.2) is 48.8 Å². The van der Waals surface area contributed by atoms with Crippen LogP contribution < -0.4 is 10.6 Å². The van der Waals surface area contributed by atoms with Crippen LogP contribution in [0.2, 0.25) is 0 Å². The number of aromatic nitrogens is 1. The van der Waals surface area contributed by atoms with E-state index in [1.807, 2.05) is 36.4 Å². The van der Waals surface area contributed by atoms with Gasteiger partial charge in [0.1, 0.15) is 0 Å². The minimum Gasteiger partial charge on any atom is -0.469 e. The molecule has 6 nitrogen and oxygen atoms in total. The molecule has 0 aliphatic carbocycles. The smallest absolute Gasteiger partial charge is 0.307 e. The minimum absolute atomic E-state index is 0.0413.